The van der Waals surface area contributed by atoms with Crippen LogP contribution in [0.5, 0.6) is 0 Å². The van der Waals surface area contributed by atoms with Gasteiger partial charge in [0.2, 0.25) is 0 Å². The van der Waals surface area contributed by atoms with Crippen LogP contribution in [0.25, 0.3) is 0 Å². The van der Waals surface area contributed by atoms with E-state index in [1.807, 2.05) is 25.1 Å². The molecule has 0 atom stereocenters. The lowest BCUT2D eigenvalue weighted by atomic mass is 10.1. The summed E-state index contributed by atoms with van der Waals surface area (Å²) in [6, 6.07) is 9.58. The molecule has 1 N–H and O–H groups in total. The van der Waals surface area contributed by atoms with Gasteiger partial charge in [0.05, 0.1) is 24.5 Å². The Hall–Kier alpha value is -2.27. The minimum atomic E-state index is -1.28. The maximum atomic E-state index is 13.5. The van der Waals surface area contributed by atoms with Crippen molar-refractivity contribution in [1.29, 1.82) is 0 Å². The molecule has 5 heteroatoms. The van der Waals surface area contributed by atoms with Gasteiger partial charge in [0.1, 0.15) is 5.82 Å². The smallest absolute Gasteiger partial charge is 0.338 e. The van der Waals surface area contributed by atoms with E-state index in [1.165, 1.54) is 18.2 Å². The van der Waals surface area contributed by atoms with E-state index in [9.17, 15) is 9.18 Å². The number of hydrogen-bond acceptors (Lipinski definition) is 3. The minimum Gasteiger partial charge on any atom is -0.478 e. The molecule has 0 bridgehead atoms. The molecule has 0 spiro atoms. The average Bonchev–Trinajstić information content (AvgIpc) is 2.38. The van der Waals surface area contributed by atoms with Crippen LogP contribution in [0.2, 0.25) is 0 Å². The molecule has 1 aromatic heterocycles. The lowest BCUT2D eigenvalue weighted by Crippen LogP contribution is -2.02. The summed E-state index contributed by atoms with van der Waals surface area (Å²) in [5.41, 5.74) is 1.95. The third-order valence-corrected chi connectivity index (χ3v) is 2.73. The number of ether oxygens (including phenoxy) is 1. The number of nitrogens with zero attached hydrogens (tertiary/aromatic N) is 1. The number of aromatic nitrogens is 1. The van der Waals surface area contributed by atoms with E-state index >= 15 is 0 Å². The van der Waals surface area contributed by atoms with E-state index in [0.29, 0.717) is 12.2 Å². The molecule has 0 aliphatic heterocycles. The molecule has 0 unspecified atom stereocenters. The molecule has 0 aliphatic rings. The number of aromatic carboxylic acids is 1. The first-order chi connectivity index (χ1) is 9.56. The van der Waals surface area contributed by atoms with E-state index < -0.39 is 11.8 Å². The highest BCUT2D eigenvalue weighted by Crippen LogP contribution is 2.12. The monoisotopic (exact) mass is 275 g/mol. The lowest BCUT2D eigenvalue weighted by molar-refractivity contribution is 0.0691. The molecule has 2 aromatic rings. The first kappa shape index (κ1) is 14.1. The highest BCUT2D eigenvalue weighted by molar-refractivity contribution is 5.87. The highest BCUT2D eigenvalue weighted by Gasteiger charge is 2.10. The average molecular weight is 275 g/mol. The first-order valence-corrected chi connectivity index (χ1v) is 6.08. The van der Waals surface area contributed by atoms with Gasteiger partial charge in [0.25, 0.3) is 0 Å². The normalized spacial score (nSPS) is 10.5. The van der Waals surface area contributed by atoms with Gasteiger partial charge in [-0.15, -0.1) is 0 Å². The molecule has 0 amide bonds. The van der Waals surface area contributed by atoms with Crippen LogP contribution in [-0.2, 0) is 18.0 Å². The fourth-order valence-corrected chi connectivity index (χ4v) is 1.78. The second-order valence-corrected chi connectivity index (χ2v) is 4.38. The predicted octanol–water partition coefficient (Wildman–Crippen LogP) is 2.94. The van der Waals surface area contributed by atoms with Crippen molar-refractivity contribution in [3.8, 4) is 0 Å². The number of benzene rings is 1. The van der Waals surface area contributed by atoms with Crippen molar-refractivity contribution in [2.24, 2.45) is 0 Å². The Morgan fingerprint density at radius 1 is 1.30 bits per heavy atom. The molecule has 4 nitrogen and oxygen atoms in total. The molecule has 0 saturated carbocycles. The van der Waals surface area contributed by atoms with Gasteiger partial charge in [-0.1, -0.05) is 12.1 Å². The van der Waals surface area contributed by atoms with Crippen LogP contribution in [0, 0.1) is 12.7 Å². The summed E-state index contributed by atoms with van der Waals surface area (Å²) < 4.78 is 18.9. The standard InChI is InChI=1S/C15H14FNO3/c1-10-3-2-4-12(17-10)9-20-8-11-5-6-13(15(18)19)14(16)7-11/h2-7H,8-9H2,1H3,(H,18,19). The van der Waals surface area contributed by atoms with Crippen molar-refractivity contribution in [1.82, 2.24) is 4.98 Å². The fraction of sp³-hybridized carbons (Fsp3) is 0.200. The highest BCUT2D eigenvalue weighted by atomic mass is 19.1. The Bertz CT molecular complexity index is 628. The van der Waals surface area contributed by atoms with E-state index in [4.69, 9.17) is 9.84 Å². The van der Waals surface area contributed by atoms with Crippen molar-refractivity contribution in [2.45, 2.75) is 20.1 Å². The summed E-state index contributed by atoms with van der Waals surface area (Å²) in [5.74, 6) is -2.04. The second kappa shape index (κ2) is 6.25. The van der Waals surface area contributed by atoms with Gasteiger partial charge in [-0.3, -0.25) is 4.98 Å². The van der Waals surface area contributed by atoms with Gasteiger partial charge in [-0.05, 0) is 36.8 Å². The Morgan fingerprint density at radius 2 is 2.10 bits per heavy atom. The van der Waals surface area contributed by atoms with Gasteiger partial charge < -0.3 is 9.84 Å². The van der Waals surface area contributed by atoms with Crippen LogP contribution in [-0.4, -0.2) is 16.1 Å². The summed E-state index contributed by atoms with van der Waals surface area (Å²) in [7, 11) is 0. The number of aryl methyl sites for hydroxylation is 1. The van der Waals surface area contributed by atoms with Crippen molar-refractivity contribution < 1.29 is 19.0 Å². The van der Waals surface area contributed by atoms with Crippen molar-refractivity contribution >= 4 is 5.97 Å². The number of carboxylic acids is 1. The Balaban J connectivity index is 1.94. The Kier molecular flexibility index (Phi) is 4.42. The second-order valence-electron chi connectivity index (χ2n) is 4.38. The zero-order chi connectivity index (χ0) is 14.5. The number of carboxylic acid groups (broad SMARTS) is 1. The molecule has 2 rings (SSSR count). The Labute approximate surface area is 115 Å². The fourth-order valence-electron chi connectivity index (χ4n) is 1.78. The summed E-state index contributed by atoms with van der Waals surface area (Å²) in [4.78, 5) is 15.0. The van der Waals surface area contributed by atoms with Gasteiger partial charge >= 0.3 is 5.97 Å². The molecule has 1 aromatic carbocycles. The van der Waals surface area contributed by atoms with E-state index in [2.05, 4.69) is 4.98 Å². The zero-order valence-electron chi connectivity index (χ0n) is 11.0. The lowest BCUT2D eigenvalue weighted by Gasteiger charge is -2.06. The third kappa shape index (κ3) is 3.61. The molecule has 0 fully saturated rings. The van der Waals surface area contributed by atoms with Crippen molar-refractivity contribution in [3.05, 3.63) is 64.7 Å². The van der Waals surface area contributed by atoms with Crippen molar-refractivity contribution in [2.75, 3.05) is 0 Å². The minimum absolute atomic E-state index is 0.201. The molecule has 104 valence electrons. The first-order valence-electron chi connectivity index (χ1n) is 6.08. The topological polar surface area (TPSA) is 59.4 Å². The summed E-state index contributed by atoms with van der Waals surface area (Å²) in [6.07, 6.45) is 0. The third-order valence-electron chi connectivity index (χ3n) is 2.73. The number of hydrogen-bond donors (Lipinski definition) is 1. The molecule has 20 heavy (non-hydrogen) atoms. The van der Waals surface area contributed by atoms with Crippen LogP contribution in [0.4, 0.5) is 4.39 Å². The predicted molar refractivity (Wildman–Crippen MR) is 70.8 cm³/mol. The Morgan fingerprint density at radius 3 is 2.75 bits per heavy atom. The zero-order valence-corrected chi connectivity index (χ0v) is 11.0. The van der Waals surface area contributed by atoms with Crippen LogP contribution < -0.4 is 0 Å². The van der Waals surface area contributed by atoms with Crippen LogP contribution in [0.15, 0.2) is 36.4 Å². The number of carbonyl (C=O) groups is 1. The number of halogens is 1. The largest absolute Gasteiger partial charge is 0.478 e. The maximum Gasteiger partial charge on any atom is 0.338 e. The van der Waals surface area contributed by atoms with Crippen LogP contribution >= 0.6 is 0 Å². The van der Waals surface area contributed by atoms with Gasteiger partial charge in [-0.2, -0.15) is 0 Å². The number of pyridine rings is 1. The summed E-state index contributed by atoms with van der Waals surface area (Å²) >= 11 is 0. The molecule has 1 heterocycles. The summed E-state index contributed by atoms with van der Waals surface area (Å²) in [5, 5.41) is 8.73. The maximum absolute atomic E-state index is 13.5. The van der Waals surface area contributed by atoms with Crippen molar-refractivity contribution in [3.63, 3.8) is 0 Å². The molecule has 0 saturated heterocycles. The number of rotatable bonds is 5. The molecular weight excluding hydrogens is 261 g/mol. The quantitative estimate of drug-likeness (QED) is 0.911. The van der Waals surface area contributed by atoms with Gasteiger partial charge in [-0.25, -0.2) is 9.18 Å². The SMILES string of the molecule is Cc1cccc(COCc2ccc(C(=O)O)c(F)c2)n1. The van der Waals surface area contributed by atoms with E-state index in [-0.39, 0.29) is 12.2 Å². The van der Waals surface area contributed by atoms with Crippen LogP contribution in [0.1, 0.15) is 27.3 Å². The molecular formula is C15H14FNO3. The van der Waals surface area contributed by atoms with Gasteiger partial charge in [0.15, 0.2) is 0 Å². The molecule has 0 aliphatic carbocycles. The van der Waals surface area contributed by atoms with E-state index in [1.54, 1.807) is 0 Å². The van der Waals surface area contributed by atoms with Crippen LogP contribution in [0.3, 0.4) is 0 Å². The molecule has 0 radical (unpaired) electrons. The van der Waals surface area contributed by atoms with E-state index in [0.717, 1.165) is 11.4 Å². The van der Waals surface area contributed by atoms with Gasteiger partial charge in [0, 0.05) is 5.69 Å². The summed E-state index contributed by atoms with van der Waals surface area (Å²) in [6.45, 7) is 2.42.